The minimum absolute atomic E-state index is 0.136. The van der Waals surface area contributed by atoms with E-state index in [2.05, 4.69) is 21.4 Å². The third-order valence-electron chi connectivity index (χ3n) is 3.90. The Kier molecular flexibility index (Phi) is 4.77. The van der Waals surface area contributed by atoms with Crippen LogP contribution in [0, 0.1) is 0 Å². The quantitative estimate of drug-likeness (QED) is 0.790. The van der Waals surface area contributed by atoms with Crippen LogP contribution in [0.2, 0.25) is 0 Å². The Labute approximate surface area is 120 Å². The van der Waals surface area contributed by atoms with Gasteiger partial charge >= 0.3 is 0 Å². The lowest BCUT2D eigenvalue weighted by Gasteiger charge is -2.34. The zero-order chi connectivity index (χ0) is 14.7. The highest BCUT2D eigenvalue weighted by Crippen LogP contribution is 2.25. The van der Waals surface area contributed by atoms with Gasteiger partial charge in [-0.15, -0.1) is 0 Å². The van der Waals surface area contributed by atoms with Gasteiger partial charge in [0, 0.05) is 52.6 Å². The fraction of sp³-hybridized carbons (Fsp3) is 0.714. The molecule has 0 aromatic carbocycles. The first-order valence-electron chi connectivity index (χ1n) is 7.02. The number of likely N-dealkylation sites (N-methyl/N-ethyl adjacent to an activating group) is 1. The van der Waals surface area contributed by atoms with E-state index in [4.69, 9.17) is 4.74 Å². The largest absolute Gasteiger partial charge is 0.384 e. The molecule has 0 spiro atoms. The molecule has 20 heavy (non-hydrogen) atoms. The fourth-order valence-electron chi connectivity index (χ4n) is 2.54. The Morgan fingerprint density at radius 3 is 2.90 bits per heavy atom. The maximum absolute atomic E-state index is 11.9. The van der Waals surface area contributed by atoms with Crippen molar-refractivity contribution in [2.75, 3.05) is 40.9 Å². The van der Waals surface area contributed by atoms with Gasteiger partial charge in [0.25, 0.3) is 0 Å². The topological polar surface area (TPSA) is 50.6 Å². The van der Waals surface area contributed by atoms with Gasteiger partial charge in [-0.25, -0.2) is 4.98 Å². The van der Waals surface area contributed by atoms with E-state index in [-0.39, 0.29) is 11.9 Å². The van der Waals surface area contributed by atoms with Crippen molar-refractivity contribution in [1.82, 2.24) is 19.4 Å². The van der Waals surface area contributed by atoms with Gasteiger partial charge < -0.3 is 14.2 Å². The molecule has 1 aliphatic rings. The number of amides is 1. The van der Waals surface area contributed by atoms with Crippen LogP contribution in [0.15, 0.2) is 6.20 Å². The molecule has 0 N–H and O–H groups in total. The van der Waals surface area contributed by atoms with Crippen LogP contribution >= 0.6 is 0 Å². The van der Waals surface area contributed by atoms with E-state index in [1.807, 2.05) is 6.20 Å². The lowest BCUT2D eigenvalue weighted by atomic mass is 10.2. The van der Waals surface area contributed by atoms with E-state index < -0.39 is 0 Å². The Morgan fingerprint density at radius 1 is 1.50 bits per heavy atom. The molecule has 0 saturated heterocycles. The number of hydrogen-bond donors (Lipinski definition) is 0. The zero-order valence-electron chi connectivity index (χ0n) is 12.8. The second-order valence-electron chi connectivity index (χ2n) is 5.44. The Bertz CT molecular complexity index is 470. The molecule has 1 aliphatic heterocycles. The van der Waals surface area contributed by atoms with Gasteiger partial charge in [0.15, 0.2) is 0 Å². The number of fused-ring (bicyclic) bond motifs is 1. The summed E-state index contributed by atoms with van der Waals surface area (Å²) in [6, 6.07) is 0.170. The van der Waals surface area contributed by atoms with Gasteiger partial charge in [-0.2, -0.15) is 0 Å². The minimum atomic E-state index is 0.136. The van der Waals surface area contributed by atoms with Crippen molar-refractivity contribution in [3.8, 4) is 0 Å². The number of carbonyl (C=O) groups excluding carboxylic acids is 1. The Balaban J connectivity index is 2.08. The van der Waals surface area contributed by atoms with Gasteiger partial charge in [-0.1, -0.05) is 0 Å². The van der Waals surface area contributed by atoms with Gasteiger partial charge in [0.1, 0.15) is 5.82 Å². The molecular formula is C14H24N4O2. The molecule has 1 aromatic rings. The van der Waals surface area contributed by atoms with E-state index in [9.17, 15) is 4.79 Å². The second-order valence-corrected chi connectivity index (χ2v) is 5.44. The summed E-state index contributed by atoms with van der Waals surface area (Å²) >= 11 is 0. The summed E-state index contributed by atoms with van der Waals surface area (Å²) in [5.74, 6) is 1.19. The lowest BCUT2D eigenvalue weighted by molar-refractivity contribution is -0.130. The fourth-order valence-corrected chi connectivity index (χ4v) is 2.54. The van der Waals surface area contributed by atoms with Gasteiger partial charge in [-0.05, 0) is 6.92 Å². The highest BCUT2D eigenvalue weighted by atomic mass is 16.5. The monoisotopic (exact) mass is 280 g/mol. The number of methoxy groups -OCH3 is 1. The molecule has 6 nitrogen and oxygen atoms in total. The summed E-state index contributed by atoms with van der Waals surface area (Å²) in [6.07, 6.45) is 2.81. The van der Waals surface area contributed by atoms with E-state index >= 15 is 0 Å². The maximum atomic E-state index is 11.9. The number of rotatable bonds is 5. The first-order valence-corrected chi connectivity index (χ1v) is 7.02. The molecule has 112 valence electrons. The number of hydrogen-bond acceptors (Lipinski definition) is 4. The van der Waals surface area contributed by atoms with Crippen molar-refractivity contribution >= 4 is 5.91 Å². The summed E-state index contributed by atoms with van der Waals surface area (Å²) in [4.78, 5) is 20.2. The SMILES string of the molecule is COCCc1cnc2n1CCN(CC(=O)N(C)C)[C@H]2C. The number of nitrogens with zero attached hydrogens (tertiary/aromatic N) is 4. The molecule has 0 radical (unpaired) electrons. The molecule has 1 atom stereocenters. The van der Waals surface area contributed by atoms with Crippen LogP contribution in [0.1, 0.15) is 24.5 Å². The summed E-state index contributed by atoms with van der Waals surface area (Å²) in [6.45, 7) is 5.04. The molecule has 0 saturated carbocycles. The molecule has 0 unspecified atom stereocenters. The maximum Gasteiger partial charge on any atom is 0.236 e. The zero-order valence-corrected chi connectivity index (χ0v) is 12.8. The average molecular weight is 280 g/mol. The summed E-state index contributed by atoms with van der Waals surface area (Å²) < 4.78 is 7.40. The molecule has 0 fully saturated rings. The van der Waals surface area contributed by atoms with Crippen molar-refractivity contribution in [1.29, 1.82) is 0 Å². The van der Waals surface area contributed by atoms with Gasteiger partial charge in [0.2, 0.25) is 5.91 Å². The van der Waals surface area contributed by atoms with E-state index in [1.54, 1.807) is 26.1 Å². The lowest BCUT2D eigenvalue weighted by Crippen LogP contribution is -2.43. The number of aromatic nitrogens is 2. The third-order valence-corrected chi connectivity index (χ3v) is 3.90. The molecule has 1 aromatic heterocycles. The van der Waals surface area contributed by atoms with Crippen LogP contribution in [0.5, 0.6) is 0 Å². The first kappa shape index (κ1) is 15.0. The number of ether oxygens (including phenoxy) is 1. The van der Waals surface area contributed by atoms with Crippen molar-refractivity contribution in [2.24, 2.45) is 0 Å². The summed E-state index contributed by atoms with van der Waals surface area (Å²) in [7, 11) is 5.30. The van der Waals surface area contributed by atoms with Crippen molar-refractivity contribution in [3.05, 3.63) is 17.7 Å². The third kappa shape index (κ3) is 3.02. The van der Waals surface area contributed by atoms with E-state index in [1.165, 1.54) is 5.69 Å². The molecule has 2 heterocycles. The summed E-state index contributed by atoms with van der Waals surface area (Å²) in [5, 5.41) is 0. The van der Waals surface area contributed by atoms with Crippen molar-refractivity contribution in [3.63, 3.8) is 0 Å². The Morgan fingerprint density at radius 2 is 2.25 bits per heavy atom. The standard InChI is InChI=1S/C14H24N4O2/c1-11-14-15-9-12(5-8-20-4)18(14)7-6-17(11)10-13(19)16(2)3/h9,11H,5-8,10H2,1-4H3/t11-/m0/s1. The van der Waals surface area contributed by atoms with Crippen LogP contribution in [0.3, 0.4) is 0 Å². The molecule has 1 amide bonds. The Hall–Kier alpha value is -1.40. The van der Waals surface area contributed by atoms with Crippen molar-refractivity contribution in [2.45, 2.75) is 25.9 Å². The van der Waals surface area contributed by atoms with Gasteiger partial charge in [-0.3, -0.25) is 9.69 Å². The highest BCUT2D eigenvalue weighted by Gasteiger charge is 2.28. The first-order chi connectivity index (χ1) is 9.54. The smallest absolute Gasteiger partial charge is 0.236 e. The number of carbonyl (C=O) groups is 1. The number of imidazole rings is 1. The molecule has 2 rings (SSSR count). The molecule has 0 aliphatic carbocycles. The molecule has 6 heteroatoms. The predicted molar refractivity (Wildman–Crippen MR) is 76.5 cm³/mol. The van der Waals surface area contributed by atoms with Crippen LogP contribution in [-0.4, -0.2) is 66.2 Å². The van der Waals surface area contributed by atoms with Crippen LogP contribution in [0.4, 0.5) is 0 Å². The second kappa shape index (κ2) is 6.37. The average Bonchev–Trinajstić information content (AvgIpc) is 2.83. The minimum Gasteiger partial charge on any atom is -0.384 e. The van der Waals surface area contributed by atoms with Crippen molar-refractivity contribution < 1.29 is 9.53 Å². The summed E-state index contributed by atoms with van der Waals surface area (Å²) in [5.41, 5.74) is 1.22. The molecule has 0 bridgehead atoms. The predicted octanol–water partition coefficient (Wildman–Crippen LogP) is 0.537. The van der Waals surface area contributed by atoms with Crippen LogP contribution < -0.4 is 0 Å². The highest BCUT2D eigenvalue weighted by molar-refractivity contribution is 5.77. The van der Waals surface area contributed by atoms with Crippen LogP contribution in [-0.2, 0) is 22.5 Å². The van der Waals surface area contributed by atoms with Crippen LogP contribution in [0.25, 0.3) is 0 Å². The molecular weight excluding hydrogens is 256 g/mol. The van der Waals surface area contributed by atoms with E-state index in [0.717, 1.165) is 25.3 Å². The normalized spacial score (nSPS) is 18.9. The van der Waals surface area contributed by atoms with Gasteiger partial charge in [0.05, 0.1) is 19.2 Å². The van der Waals surface area contributed by atoms with E-state index in [0.29, 0.717) is 13.2 Å².